The lowest BCUT2D eigenvalue weighted by molar-refractivity contribution is -0.141. The van der Waals surface area contributed by atoms with Crippen LogP contribution in [-0.2, 0) is 16.1 Å². The van der Waals surface area contributed by atoms with Crippen molar-refractivity contribution < 1.29 is 28.3 Å². The number of benzene rings is 1. The summed E-state index contributed by atoms with van der Waals surface area (Å²) in [6, 6.07) is 5.29. The lowest BCUT2D eigenvalue weighted by Crippen LogP contribution is -2.41. The molecule has 0 unspecified atom stereocenters. The van der Waals surface area contributed by atoms with Gasteiger partial charge in [-0.3, -0.25) is 9.59 Å². The van der Waals surface area contributed by atoms with Gasteiger partial charge in [0, 0.05) is 36.3 Å². The number of carbonyl (C=O) groups excluding carboxylic acids is 2. The van der Waals surface area contributed by atoms with E-state index in [1.165, 1.54) is 19.4 Å². The van der Waals surface area contributed by atoms with Crippen LogP contribution in [0.2, 0.25) is 0 Å². The minimum absolute atomic E-state index is 0.00619. The largest absolute Gasteiger partial charge is 0.467 e. The molecule has 4 rings (SSSR count). The number of pyridine rings is 2. The Morgan fingerprint density at radius 2 is 2.09 bits per heavy atom. The zero-order valence-corrected chi connectivity index (χ0v) is 17.5. The summed E-state index contributed by atoms with van der Waals surface area (Å²) in [6.07, 6.45) is 2.42. The van der Waals surface area contributed by atoms with Crippen molar-refractivity contribution in [1.82, 2.24) is 15.0 Å². The van der Waals surface area contributed by atoms with E-state index < -0.39 is 40.7 Å². The van der Waals surface area contributed by atoms with Gasteiger partial charge in [-0.05, 0) is 31.0 Å². The number of fused-ring (bicyclic) bond motifs is 1. The van der Waals surface area contributed by atoms with E-state index in [1.54, 1.807) is 17.0 Å². The highest BCUT2D eigenvalue weighted by Crippen LogP contribution is 2.33. The zero-order valence-electron chi connectivity index (χ0n) is 17.5. The highest BCUT2D eigenvalue weighted by molar-refractivity contribution is 6.07. The lowest BCUT2D eigenvalue weighted by atomic mass is 10.1. The Hall–Kier alpha value is -4.02. The molecule has 1 amide bonds. The predicted octanol–water partition coefficient (Wildman–Crippen LogP) is 1.98. The smallest absolute Gasteiger partial charge is 0.328 e. The first kappa shape index (κ1) is 22.2. The molecular weight excluding hydrogens is 438 g/mol. The number of hydrogen-bond acceptors (Lipinski definition) is 7. The van der Waals surface area contributed by atoms with E-state index in [0.29, 0.717) is 25.5 Å². The quantitative estimate of drug-likeness (QED) is 0.444. The van der Waals surface area contributed by atoms with E-state index in [4.69, 9.17) is 4.74 Å². The van der Waals surface area contributed by atoms with Gasteiger partial charge in [0.05, 0.1) is 12.8 Å². The van der Waals surface area contributed by atoms with E-state index in [9.17, 15) is 28.4 Å². The monoisotopic (exact) mass is 458 g/mol. The molecule has 0 bridgehead atoms. The van der Waals surface area contributed by atoms with Crippen molar-refractivity contribution in [1.29, 1.82) is 0 Å². The number of hydrogen-bond donors (Lipinski definition) is 2. The molecule has 1 atom stereocenters. The fourth-order valence-electron chi connectivity index (χ4n) is 4.04. The first-order valence-electron chi connectivity index (χ1n) is 10.1. The Morgan fingerprint density at radius 3 is 2.82 bits per heavy atom. The van der Waals surface area contributed by atoms with Crippen molar-refractivity contribution in [2.75, 3.05) is 18.6 Å². The first-order valence-corrected chi connectivity index (χ1v) is 10.1. The summed E-state index contributed by atoms with van der Waals surface area (Å²) in [5.41, 5.74) is -1.45. The zero-order chi connectivity index (χ0) is 23.7. The third-order valence-electron chi connectivity index (χ3n) is 5.58. The molecule has 2 N–H and O–H groups in total. The van der Waals surface area contributed by atoms with Crippen LogP contribution in [0, 0.1) is 11.6 Å². The van der Waals surface area contributed by atoms with Gasteiger partial charge >= 0.3 is 5.97 Å². The molecular formula is C22H20F2N4O5. The van der Waals surface area contributed by atoms with Gasteiger partial charge in [0.1, 0.15) is 23.2 Å². The third kappa shape index (κ3) is 3.97. The fraction of sp³-hybridized carbons (Fsp3) is 0.273. The second-order valence-electron chi connectivity index (χ2n) is 7.51. The molecule has 0 radical (unpaired) electrons. The number of aromatic nitrogens is 2. The molecule has 3 aromatic rings. The van der Waals surface area contributed by atoms with Crippen molar-refractivity contribution in [3.63, 3.8) is 0 Å². The maximum absolute atomic E-state index is 14.0. The molecule has 2 aromatic heterocycles. The maximum Gasteiger partial charge on any atom is 0.328 e. The van der Waals surface area contributed by atoms with E-state index in [-0.39, 0.29) is 33.6 Å². The van der Waals surface area contributed by atoms with Crippen LogP contribution in [0.4, 0.5) is 14.5 Å². The van der Waals surface area contributed by atoms with Gasteiger partial charge < -0.3 is 20.2 Å². The number of ether oxygens (including phenoxy) is 1. The summed E-state index contributed by atoms with van der Waals surface area (Å²) in [5, 5.41) is 13.1. The molecule has 0 saturated carbocycles. The van der Waals surface area contributed by atoms with Crippen LogP contribution in [0.1, 0.15) is 28.8 Å². The first-order chi connectivity index (χ1) is 15.8. The molecule has 1 aromatic carbocycles. The topological polar surface area (TPSA) is 114 Å². The number of esters is 1. The summed E-state index contributed by atoms with van der Waals surface area (Å²) in [6.45, 7) is 0.0201. The Labute approximate surface area is 186 Å². The number of amides is 1. The van der Waals surface area contributed by atoms with Crippen LogP contribution in [0.3, 0.4) is 0 Å². The van der Waals surface area contributed by atoms with Gasteiger partial charge in [0.2, 0.25) is 0 Å². The minimum atomic E-state index is -1.05. The highest BCUT2D eigenvalue weighted by atomic mass is 19.1. The van der Waals surface area contributed by atoms with Crippen LogP contribution in [-0.4, -0.2) is 46.5 Å². The molecule has 172 valence electrons. The molecule has 9 nitrogen and oxygen atoms in total. The average Bonchev–Trinajstić information content (AvgIpc) is 3.29. The average molecular weight is 458 g/mol. The van der Waals surface area contributed by atoms with Crippen LogP contribution >= 0.6 is 0 Å². The number of carbonyl (C=O) groups is 2. The van der Waals surface area contributed by atoms with Gasteiger partial charge in [-0.1, -0.05) is 6.07 Å². The standard InChI is InChI=1S/C22H20F2N4O5/c1-33-22(31)16-5-3-9-27(16)18-14-4-2-8-25-19(14)28(32)21(30)17(18)20(29)26-11-12-6-7-13(23)10-15(12)24/h2,4,6-8,10,16,32H,3,5,9,11H2,1H3,(H,26,29)/t16-/m0/s1. The number of anilines is 1. The van der Waals surface area contributed by atoms with Gasteiger partial charge in [0.25, 0.3) is 11.5 Å². The Morgan fingerprint density at radius 1 is 1.30 bits per heavy atom. The third-order valence-corrected chi connectivity index (χ3v) is 5.58. The molecule has 11 heteroatoms. The maximum atomic E-state index is 14.0. The summed E-state index contributed by atoms with van der Waals surface area (Å²) >= 11 is 0. The molecule has 1 fully saturated rings. The van der Waals surface area contributed by atoms with Gasteiger partial charge in [0.15, 0.2) is 5.65 Å². The van der Waals surface area contributed by atoms with Crippen molar-refractivity contribution in [2.45, 2.75) is 25.4 Å². The normalized spacial score (nSPS) is 15.6. The molecule has 1 aliphatic heterocycles. The van der Waals surface area contributed by atoms with Crippen molar-refractivity contribution in [3.8, 4) is 0 Å². The van der Waals surface area contributed by atoms with E-state index in [2.05, 4.69) is 10.3 Å². The van der Waals surface area contributed by atoms with Crippen LogP contribution in [0.5, 0.6) is 0 Å². The molecule has 33 heavy (non-hydrogen) atoms. The van der Waals surface area contributed by atoms with E-state index in [0.717, 1.165) is 6.07 Å². The predicted molar refractivity (Wildman–Crippen MR) is 113 cm³/mol. The number of methoxy groups -OCH3 is 1. The van der Waals surface area contributed by atoms with Crippen LogP contribution < -0.4 is 15.8 Å². The highest BCUT2D eigenvalue weighted by Gasteiger charge is 2.37. The van der Waals surface area contributed by atoms with E-state index >= 15 is 0 Å². The molecule has 0 spiro atoms. The van der Waals surface area contributed by atoms with Crippen molar-refractivity contribution in [2.24, 2.45) is 0 Å². The number of halogens is 2. The molecule has 3 heterocycles. The summed E-state index contributed by atoms with van der Waals surface area (Å²) in [4.78, 5) is 44.1. The number of nitrogens with one attached hydrogen (secondary N) is 1. The van der Waals surface area contributed by atoms with E-state index in [1.807, 2.05) is 0 Å². The molecule has 1 aliphatic rings. The SMILES string of the molecule is COC(=O)[C@@H]1CCCN1c1c(C(=O)NCc2ccc(F)cc2F)c(=O)n(O)c2ncccc12. The second kappa shape index (κ2) is 8.85. The Balaban J connectivity index is 1.82. The number of rotatable bonds is 5. The second-order valence-corrected chi connectivity index (χ2v) is 7.51. The molecule has 1 saturated heterocycles. The minimum Gasteiger partial charge on any atom is -0.467 e. The van der Waals surface area contributed by atoms with Gasteiger partial charge in [-0.15, -0.1) is 4.73 Å². The van der Waals surface area contributed by atoms with Crippen molar-refractivity contribution in [3.05, 3.63) is 69.6 Å². The number of nitrogens with zero attached hydrogens (tertiary/aromatic N) is 3. The lowest BCUT2D eigenvalue weighted by Gasteiger charge is -2.28. The summed E-state index contributed by atoms with van der Waals surface area (Å²) in [5.74, 6) is -3.05. The molecule has 0 aliphatic carbocycles. The Kier molecular flexibility index (Phi) is 5.95. The summed E-state index contributed by atoms with van der Waals surface area (Å²) < 4.78 is 32.3. The van der Waals surface area contributed by atoms with Gasteiger partial charge in [-0.2, -0.15) is 0 Å². The summed E-state index contributed by atoms with van der Waals surface area (Å²) in [7, 11) is 1.25. The Bertz CT molecular complexity index is 1310. The van der Waals surface area contributed by atoms with Crippen LogP contribution in [0.15, 0.2) is 41.3 Å². The van der Waals surface area contributed by atoms with Crippen molar-refractivity contribution >= 4 is 28.6 Å². The fourth-order valence-corrected chi connectivity index (χ4v) is 4.04. The van der Waals surface area contributed by atoms with Gasteiger partial charge in [-0.25, -0.2) is 18.6 Å². The van der Waals surface area contributed by atoms with Crippen LogP contribution in [0.25, 0.3) is 11.0 Å².